The van der Waals surface area contributed by atoms with Crippen LogP contribution in [0.15, 0.2) is 11.1 Å². The molecule has 2 aliphatic carbocycles. The highest BCUT2D eigenvalue weighted by atomic mass is 16.3. The summed E-state index contributed by atoms with van der Waals surface area (Å²) < 4.78 is 0. The van der Waals surface area contributed by atoms with Crippen LogP contribution in [0.4, 0.5) is 0 Å². The molecular weight excluding hydrogens is 172 g/mol. The first-order valence-corrected chi connectivity index (χ1v) is 6.02. The van der Waals surface area contributed by atoms with Crippen molar-refractivity contribution in [3.63, 3.8) is 0 Å². The zero-order chi connectivity index (χ0) is 10.4. The molecule has 0 atom stereocenters. The Morgan fingerprint density at radius 3 is 2.07 bits per heavy atom. The van der Waals surface area contributed by atoms with E-state index in [4.69, 9.17) is 5.11 Å². The number of aliphatic hydroxyl groups excluding tert-OH is 1. The van der Waals surface area contributed by atoms with Gasteiger partial charge in [0.15, 0.2) is 0 Å². The lowest BCUT2D eigenvalue weighted by Gasteiger charge is -2.21. The summed E-state index contributed by atoms with van der Waals surface area (Å²) in [6.45, 7) is 4.61. The first kappa shape index (κ1) is 11.8. The molecule has 0 saturated heterocycles. The van der Waals surface area contributed by atoms with Crippen molar-refractivity contribution in [3.8, 4) is 0 Å². The van der Waals surface area contributed by atoms with E-state index in [0.29, 0.717) is 0 Å². The van der Waals surface area contributed by atoms with Crippen LogP contribution in [0.25, 0.3) is 0 Å². The molecule has 2 saturated carbocycles. The van der Waals surface area contributed by atoms with E-state index < -0.39 is 0 Å². The van der Waals surface area contributed by atoms with Crippen molar-refractivity contribution in [3.05, 3.63) is 11.1 Å². The van der Waals surface area contributed by atoms with Crippen molar-refractivity contribution in [1.29, 1.82) is 0 Å². The first-order valence-electron chi connectivity index (χ1n) is 6.02. The normalized spacial score (nSPS) is 25.1. The first-order chi connectivity index (χ1) is 6.74. The third-order valence-electron chi connectivity index (χ3n) is 3.07. The summed E-state index contributed by atoms with van der Waals surface area (Å²) in [5, 5.41) is 8.90. The number of allylic oxidation sites excluding steroid dienone is 1. The van der Waals surface area contributed by atoms with Gasteiger partial charge < -0.3 is 5.11 Å². The molecule has 0 radical (unpaired) electrons. The second-order valence-corrected chi connectivity index (χ2v) is 4.79. The lowest BCUT2D eigenvalue weighted by atomic mass is 9.85. The molecule has 0 aliphatic heterocycles. The maximum absolute atomic E-state index is 8.90. The Morgan fingerprint density at radius 2 is 1.71 bits per heavy atom. The van der Waals surface area contributed by atoms with Crippen molar-refractivity contribution >= 4 is 0 Å². The quantitative estimate of drug-likeness (QED) is 0.634. The lowest BCUT2D eigenvalue weighted by Crippen LogP contribution is -2.06. The summed E-state index contributed by atoms with van der Waals surface area (Å²) in [6, 6.07) is 0. The Morgan fingerprint density at radius 1 is 1.21 bits per heavy atom. The molecule has 0 unspecified atom stereocenters. The van der Waals surface area contributed by atoms with Gasteiger partial charge in [-0.3, -0.25) is 0 Å². The summed E-state index contributed by atoms with van der Waals surface area (Å²) in [5.74, 6) is 0.894. The van der Waals surface area contributed by atoms with Gasteiger partial charge in [0.2, 0.25) is 0 Å². The number of hydrogen-bond donors (Lipinski definition) is 1. The van der Waals surface area contributed by atoms with Gasteiger partial charge >= 0.3 is 0 Å². The predicted molar refractivity (Wildman–Crippen MR) is 61.3 cm³/mol. The molecule has 14 heavy (non-hydrogen) atoms. The minimum atomic E-state index is 0.254. The molecule has 0 spiro atoms. The second-order valence-electron chi connectivity index (χ2n) is 4.79. The number of hydrogen-bond acceptors (Lipinski definition) is 1. The monoisotopic (exact) mass is 196 g/mol. The fourth-order valence-corrected chi connectivity index (χ4v) is 1.65. The van der Waals surface area contributed by atoms with Crippen molar-refractivity contribution in [2.24, 2.45) is 5.92 Å². The van der Waals surface area contributed by atoms with Crippen molar-refractivity contribution in [2.45, 2.75) is 58.8 Å². The number of rotatable bonds is 1. The minimum Gasteiger partial charge on any atom is -0.392 e. The van der Waals surface area contributed by atoms with Crippen LogP contribution in [0.5, 0.6) is 0 Å². The summed E-state index contributed by atoms with van der Waals surface area (Å²) in [5.41, 5.74) is 2.71. The summed E-state index contributed by atoms with van der Waals surface area (Å²) >= 11 is 0. The molecule has 0 aromatic carbocycles. The molecule has 1 heteroatoms. The topological polar surface area (TPSA) is 20.2 Å². The van der Waals surface area contributed by atoms with E-state index in [1.165, 1.54) is 56.1 Å². The van der Waals surface area contributed by atoms with E-state index in [1.54, 1.807) is 0 Å². The van der Waals surface area contributed by atoms with Gasteiger partial charge in [-0.1, -0.05) is 31.8 Å². The van der Waals surface area contributed by atoms with E-state index in [9.17, 15) is 0 Å². The van der Waals surface area contributed by atoms with Crippen LogP contribution in [0.3, 0.4) is 0 Å². The molecule has 0 aromatic heterocycles. The Kier molecular flexibility index (Phi) is 5.24. The van der Waals surface area contributed by atoms with E-state index in [-0.39, 0.29) is 6.61 Å². The molecule has 2 aliphatic rings. The maximum Gasteiger partial charge on any atom is 0.0641 e. The fraction of sp³-hybridized carbons (Fsp3) is 0.846. The Balaban J connectivity index is 0.000000276. The van der Waals surface area contributed by atoms with Gasteiger partial charge in [-0.25, -0.2) is 0 Å². The lowest BCUT2D eigenvalue weighted by molar-refractivity contribution is 0.326. The summed E-state index contributed by atoms with van der Waals surface area (Å²) in [7, 11) is 0. The highest BCUT2D eigenvalue weighted by Gasteiger charge is 2.13. The Bertz CT molecular complexity index is 179. The van der Waals surface area contributed by atoms with Crippen LogP contribution < -0.4 is 0 Å². The molecule has 1 nitrogen and oxygen atoms in total. The molecule has 1 N–H and O–H groups in total. The minimum absolute atomic E-state index is 0.254. The zero-order valence-corrected chi connectivity index (χ0v) is 9.68. The van der Waals surface area contributed by atoms with Crippen LogP contribution >= 0.6 is 0 Å². The van der Waals surface area contributed by atoms with Crippen LogP contribution in [0.1, 0.15) is 58.8 Å². The van der Waals surface area contributed by atoms with E-state index in [1.807, 2.05) is 6.92 Å². The van der Waals surface area contributed by atoms with Crippen LogP contribution in [0.2, 0.25) is 0 Å². The van der Waals surface area contributed by atoms with Gasteiger partial charge in [-0.2, -0.15) is 0 Å². The molecule has 0 bridgehead atoms. The zero-order valence-electron chi connectivity index (χ0n) is 9.68. The maximum atomic E-state index is 8.90. The smallest absolute Gasteiger partial charge is 0.0641 e. The van der Waals surface area contributed by atoms with Gasteiger partial charge in [-0.05, 0) is 44.1 Å². The molecule has 82 valence electrons. The molecule has 0 heterocycles. The summed E-state index contributed by atoms with van der Waals surface area (Å²) in [4.78, 5) is 0. The van der Waals surface area contributed by atoms with Crippen LogP contribution in [0, 0.1) is 5.92 Å². The molecule has 0 amide bonds. The Labute approximate surface area is 88.2 Å². The molecule has 2 fully saturated rings. The van der Waals surface area contributed by atoms with Gasteiger partial charge in [0.1, 0.15) is 0 Å². The van der Waals surface area contributed by atoms with E-state index in [2.05, 4.69) is 6.92 Å². The van der Waals surface area contributed by atoms with Gasteiger partial charge in [-0.15, -0.1) is 0 Å². The summed E-state index contributed by atoms with van der Waals surface area (Å²) in [6.07, 6.45) is 9.56. The Hall–Kier alpha value is -0.300. The average molecular weight is 196 g/mol. The third kappa shape index (κ3) is 4.80. The van der Waals surface area contributed by atoms with Crippen molar-refractivity contribution in [2.75, 3.05) is 6.61 Å². The highest BCUT2D eigenvalue weighted by Crippen LogP contribution is 2.29. The standard InChI is InChI=1S/C10H18O.C3H6/c1-8-3-5-10(6-4-8)9(2)7-11;1-2-3-1/h8,11H,3-7H2,1-2H3;1-3H2. The second kappa shape index (κ2) is 6.23. The van der Waals surface area contributed by atoms with Crippen LogP contribution in [-0.4, -0.2) is 11.7 Å². The van der Waals surface area contributed by atoms with Crippen molar-refractivity contribution in [1.82, 2.24) is 0 Å². The highest BCUT2D eigenvalue weighted by molar-refractivity contribution is 5.14. The van der Waals surface area contributed by atoms with Crippen LogP contribution in [-0.2, 0) is 0 Å². The van der Waals surface area contributed by atoms with Gasteiger partial charge in [0.05, 0.1) is 6.61 Å². The SMILES string of the molecule is C1CC1.CC(CO)=C1CCC(C)CC1. The number of aliphatic hydroxyl groups is 1. The third-order valence-corrected chi connectivity index (χ3v) is 3.07. The van der Waals surface area contributed by atoms with Gasteiger partial charge in [0, 0.05) is 0 Å². The van der Waals surface area contributed by atoms with Gasteiger partial charge in [0.25, 0.3) is 0 Å². The average Bonchev–Trinajstić information content (AvgIpc) is 3.05. The molecular formula is C13H24O. The fourth-order valence-electron chi connectivity index (χ4n) is 1.65. The van der Waals surface area contributed by atoms with Crippen molar-refractivity contribution < 1.29 is 5.11 Å². The molecule has 2 rings (SSSR count). The molecule has 0 aromatic rings. The predicted octanol–water partition coefficient (Wildman–Crippen LogP) is 3.68. The van der Waals surface area contributed by atoms with E-state index in [0.717, 1.165) is 5.92 Å². The van der Waals surface area contributed by atoms with E-state index >= 15 is 0 Å². The largest absolute Gasteiger partial charge is 0.392 e.